The summed E-state index contributed by atoms with van der Waals surface area (Å²) in [6.07, 6.45) is 0. The molecule has 0 rings (SSSR count). The Morgan fingerprint density at radius 3 is 2.00 bits per heavy atom. The second-order valence-corrected chi connectivity index (χ2v) is 7.46. The van der Waals surface area contributed by atoms with Crippen molar-refractivity contribution >= 4 is 32.7 Å². The molecule has 0 heterocycles. The molecule has 0 unspecified atom stereocenters. The Hall–Kier alpha value is 0.797. The highest BCUT2D eigenvalue weighted by Gasteiger charge is 2.24. The van der Waals surface area contributed by atoms with Crippen LogP contribution in [0.25, 0.3) is 0 Å². The van der Waals surface area contributed by atoms with E-state index in [1.807, 2.05) is 0 Å². The van der Waals surface area contributed by atoms with Crippen LogP contribution < -0.4 is 0 Å². The predicted molar refractivity (Wildman–Crippen MR) is 48.6 cm³/mol. The van der Waals surface area contributed by atoms with E-state index in [4.69, 9.17) is 23.2 Å². The van der Waals surface area contributed by atoms with E-state index in [1.54, 1.807) is 0 Å². The van der Waals surface area contributed by atoms with E-state index >= 15 is 0 Å². The van der Waals surface area contributed by atoms with Crippen LogP contribution in [0.2, 0.25) is 11.1 Å². The van der Waals surface area contributed by atoms with Crippen LogP contribution in [0.1, 0.15) is 20.8 Å². The smallest absolute Gasteiger partial charge is 0.105 e. The van der Waals surface area contributed by atoms with E-state index in [1.165, 1.54) is 6.04 Å². The molecule has 0 aliphatic heterocycles. The summed E-state index contributed by atoms with van der Waals surface area (Å²) < 4.78 is 0. The molecule has 0 saturated carbocycles. The van der Waals surface area contributed by atoms with Gasteiger partial charge in [0.2, 0.25) is 0 Å². The summed E-state index contributed by atoms with van der Waals surface area (Å²) in [5.41, 5.74) is 0. The Kier molecular flexibility index (Phi) is 4.18. The Morgan fingerprint density at radius 1 is 1.44 bits per heavy atom. The van der Waals surface area contributed by atoms with Crippen molar-refractivity contribution in [3.8, 4) is 0 Å². The topological polar surface area (TPSA) is 0 Å². The summed E-state index contributed by atoms with van der Waals surface area (Å²) >= 11 is 11.5. The Bertz CT molecular complexity index is 81.1. The molecule has 0 spiro atoms. The molecule has 0 aliphatic rings. The molecule has 0 nitrogen and oxygen atoms in total. The van der Waals surface area contributed by atoms with Gasteiger partial charge in [0.1, 0.15) is 4.84 Å². The van der Waals surface area contributed by atoms with E-state index in [-0.39, 0.29) is 19.4 Å². The van der Waals surface area contributed by atoms with Gasteiger partial charge in [-0.25, -0.2) is 0 Å². The van der Waals surface area contributed by atoms with Gasteiger partial charge in [-0.2, -0.15) is 0 Å². The van der Waals surface area contributed by atoms with Crippen molar-refractivity contribution in [3.05, 3.63) is 0 Å². The van der Waals surface area contributed by atoms with E-state index in [0.29, 0.717) is 0 Å². The molecule has 0 aliphatic carbocycles. The molecule has 0 N–H and O–H groups in total. The van der Waals surface area contributed by atoms with Gasteiger partial charge in [-0.15, -0.1) is 23.2 Å². The van der Waals surface area contributed by atoms with Crippen molar-refractivity contribution in [1.82, 2.24) is 0 Å². The maximum atomic E-state index is 5.75. The predicted octanol–water partition coefficient (Wildman–Crippen LogP) is 2.60. The molecule has 9 heavy (non-hydrogen) atoms. The van der Waals surface area contributed by atoms with Crippen LogP contribution in [0, 0.1) is 0 Å². The monoisotopic (exact) mass is 184 g/mol. The minimum atomic E-state index is -0.177. The van der Waals surface area contributed by atoms with Crippen molar-refractivity contribution in [2.45, 2.75) is 36.7 Å². The standard InChI is InChI=1S/C6H14Cl2Si/c1-4-9-6(2,3)5(7)8/h5H,4,9H2,1-3H3. The molecule has 0 amide bonds. The zero-order valence-corrected chi connectivity index (χ0v) is 9.17. The lowest BCUT2D eigenvalue weighted by molar-refractivity contribution is 0.723. The number of hydrogen-bond donors (Lipinski definition) is 0. The molecule has 0 radical (unpaired) electrons. The fraction of sp³-hybridized carbons (Fsp3) is 1.00. The largest absolute Gasteiger partial charge is 0.110 e. The lowest BCUT2D eigenvalue weighted by atomic mass is 10.2. The first kappa shape index (κ1) is 9.80. The highest BCUT2D eigenvalue weighted by atomic mass is 35.5. The van der Waals surface area contributed by atoms with Crippen molar-refractivity contribution in [1.29, 1.82) is 0 Å². The lowest BCUT2D eigenvalue weighted by Gasteiger charge is -2.24. The van der Waals surface area contributed by atoms with Crippen molar-refractivity contribution in [2.24, 2.45) is 0 Å². The molecule has 3 heteroatoms. The van der Waals surface area contributed by atoms with E-state index in [9.17, 15) is 0 Å². The first-order valence-corrected chi connectivity index (χ1v) is 5.87. The van der Waals surface area contributed by atoms with Gasteiger partial charge >= 0.3 is 0 Å². The van der Waals surface area contributed by atoms with Gasteiger partial charge in [-0.05, 0) is 5.04 Å². The van der Waals surface area contributed by atoms with Gasteiger partial charge in [0.15, 0.2) is 0 Å². The second-order valence-electron chi connectivity index (χ2n) is 3.04. The zero-order chi connectivity index (χ0) is 7.49. The molecular formula is C6H14Cl2Si. The van der Waals surface area contributed by atoms with E-state index in [0.717, 1.165) is 0 Å². The summed E-state index contributed by atoms with van der Waals surface area (Å²) in [5.74, 6) is 0. The van der Waals surface area contributed by atoms with Crippen LogP contribution >= 0.6 is 23.2 Å². The van der Waals surface area contributed by atoms with E-state index in [2.05, 4.69) is 20.8 Å². The fourth-order valence-electron chi connectivity index (χ4n) is 0.753. The van der Waals surface area contributed by atoms with Crippen molar-refractivity contribution in [3.63, 3.8) is 0 Å². The third-order valence-corrected chi connectivity index (χ3v) is 5.38. The fourth-order valence-corrected chi connectivity index (χ4v) is 2.91. The molecule has 0 saturated heterocycles. The third-order valence-electron chi connectivity index (χ3n) is 1.49. The van der Waals surface area contributed by atoms with Gasteiger partial charge < -0.3 is 0 Å². The minimum absolute atomic E-state index is 0.0617. The zero-order valence-electron chi connectivity index (χ0n) is 6.25. The van der Waals surface area contributed by atoms with E-state index < -0.39 is 0 Å². The number of rotatable bonds is 3. The molecule has 0 aromatic carbocycles. The van der Waals surface area contributed by atoms with Gasteiger partial charge in [-0.1, -0.05) is 26.8 Å². The first-order valence-electron chi connectivity index (χ1n) is 3.29. The Labute approximate surface area is 69.7 Å². The Morgan fingerprint density at radius 2 is 1.89 bits per heavy atom. The van der Waals surface area contributed by atoms with Crippen LogP contribution in [0.3, 0.4) is 0 Å². The van der Waals surface area contributed by atoms with Crippen LogP contribution in [0.5, 0.6) is 0 Å². The number of alkyl halides is 2. The van der Waals surface area contributed by atoms with Gasteiger partial charge in [0.25, 0.3) is 0 Å². The molecule has 0 aromatic rings. The normalized spacial score (nSPS) is 14.0. The number of hydrogen-bond acceptors (Lipinski definition) is 0. The third kappa shape index (κ3) is 3.49. The van der Waals surface area contributed by atoms with Gasteiger partial charge in [-0.3, -0.25) is 0 Å². The van der Waals surface area contributed by atoms with Crippen LogP contribution in [-0.2, 0) is 0 Å². The summed E-state index contributed by atoms with van der Waals surface area (Å²) in [7, 11) is -0.0617. The average Bonchev–Trinajstić information content (AvgIpc) is 1.65. The molecule has 0 atom stereocenters. The quantitative estimate of drug-likeness (QED) is 0.468. The Balaban J connectivity index is 3.70. The maximum absolute atomic E-state index is 5.75. The molecule has 0 aromatic heterocycles. The minimum Gasteiger partial charge on any atom is -0.105 e. The van der Waals surface area contributed by atoms with Crippen molar-refractivity contribution in [2.75, 3.05) is 0 Å². The van der Waals surface area contributed by atoms with Gasteiger partial charge in [0, 0.05) is 9.52 Å². The second kappa shape index (κ2) is 3.84. The molecule has 0 bridgehead atoms. The first-order chi connectivity index (χ1) is 4.00. The molecular weight excluding hydrogens is 171 g/mol. The summed E-state index contributed by atoms with van der Waals surface area (Å²) in [4.78, 5) is -0.177. The summed E-state index contributed by atoms with van der Waals surface area (Å²) in [6, 6.07) is 1.28. The van der Waals surface area contributed by atoms with Gasteiger partial charge in [0.05, 0.1) is 0 Å². The average molecular weight is 185 g/mol. The van der Waals surface area contributed by atoms with Crippen LogP contribution in [0.15, 0.2) is 0 Å². The van der Waals surface area contributed by atoms with Crippen LogP contribution in [0.4, 0.5) is 0 Å². The van der Waals surface area contributed by atoms with Crippen molar-refractivity contribution < 1.29 is 0 Å². The highest BCUT2D eigenvalue weighted by Crippen LogP contribution is 2.35. The highest BCUT2D eigenvalue weighted by molar-refractivity contribution is 6.52. The molecule has 0 fully saturated rings. The maximum Gasteiger partial charge on any atom is 0.110 e. The number of halogens is 2. The lowest BCUT2D eigenvalue weighted by Crippen LogP contribution is -2.19. The van der Waals surface area contributed by atoms with Crippen LogP contribution in [-0.4, -0.2) is 14.4 Å². The molecule has 56 valence electrons. The summed E-state index contributed by atoms with van der Waals surface area (Å²) in [5, 5.41) is 0.220. The summed E-state index contributed by atoms with van der Waals surface area (Å²) in [6.45, 7) is 6.49. The SMILES string of the molecule is CC[SiH2]C(C)(C)C(Cl)Cl.